The van der Waals surface area contributed by atoms with Gasteiger partial charge in [0.25, 0.3) is 0 Å². The molecule has 0 aliphatic heterocycles. The maximum atomic E-state index is 4.93. The molecule has 0 aliphatic rings. The van der Waals surface area contributed by atoms with Crippen LogP contribution < -0.4 is 0 Å². The first kappa shape index (κ1) is 15.5. The van der Waals surface area contributed by atoms with E-state index < -0.39 is 0 Å². The minimum atomic E-state index is 0.856. The maximum Gasteiger partial charge on any atom is 0.104 e. The number of fused-ring (bicyclic) bond motifs is 1. The summed E-state index contributed by atoms with van der Waals surface area (Å²) in [7, 11) is 0. The van der Waals surface area contributed by atoms with Gasteiger partial charge in [-0.15, -0.1) is 0 Å². The fraction of sp³-hybridized carbons (Fsp3) is 0. The van der Waals surface area contributed by atoms with Crippen molar-refractivity contribution < 1.29 is 0 Å². The molecule has 0 bridgehead atoms. The van der Waals surface area contributed by atoms with Crippen molar-refractivity contribution in [3.63, 3.8) is 0 Å². The van der Waals surface area contributed by atoms with Gasteiger partial charge in [0.1, 0.15) is 5.52 Å². The molecule has 4 aromatic rings. The van der Waals surface area contributed by atoms with E-state index in [2.05, 4.69) is 56.1 Å². The predicted molar refractivity (Wildman–Crippen MR) is 106 cm³/mol. The van der Waals surface area contributed by atoms with Crippen molar-refractivity contribution in [3.05, 3.63) is 81.7 Å². The summed E-state index contributed by atoms with van der Waals surface area (Å²) in [6, 6.07) is 24.3. The van der Waals surface area contributed by atoms with Crippen LogP contribution in [0.5, 0.6) is 0 Å². The van der Waals surface area contributed by atoms with Gasteiger partial charge in [-0.3, -0.25) is 0 Å². The third-order valence-corrected chi connectivity index (χ3v) is 4.85. The summed E-state index contributed by atoms with van der Waals surface area (Å²) in [6.45, 7) is 0. The average Bonchev–Trinajstić information content (AvgIpc) is 2.62. The molecule has 0 atom stereocenters. The van der Waals surface area contributed by atoms with Crippen LogP contribution in [-0.4, -0.2) is 9.97 Å². The average molecular weight is 440 g/mol. The SMILES string of the molecule is Brc1cc(Br)c2nc(-c3ccccc3)c(-c3ccccc3)nc2c1. The number of nitrogens with zero attached hydrogens (tertiary/aromatic N) is 2. The van der Waals surface area contributed by atoms with Gasteiger partial charge in [-0.25, -0.2) is 9.97 Å². The van der Waals surface area contributed by atoms with E-state index in [1.165, 1.54) is 0 Å². The summed E-state index contributed by atoms with van der Waals surface area (Å²) >= 11 is 7.13. The number of rotatable bonds is 2. The third-order valence-electron chi connectivity index (χ3n) is 3.78. The van der Waals surface area contributed by atoms with Crippen molar-refractivity contribution in [2.75, 3.05) is 0 Å². The highest BCUT2D eigenvalue weighted by atomic mass is 79.9. The van der Waals surface area contributed by atoms with E-state index in [9.17, 15) is 0 Å². The lowest BCUT2D eigenvalue weighted by Gasteiger charge is -2.11. The first-order valence-corrected chi connectivity index (χ1v) is 9.08. The Bertz CT molecular complexity index is 1020. The van der Waals surface area contributed by atoms with E-state index in [0.29, 0.717) is 0 Å². The zero-order valence-corrected chi connectivity index (χ0v) is 15.8. The molecule has 0 spiro atoms. The van der Waals surface area contributed by atoms with Crippen molar-refractivity contribution in [1.82, 2.24) is 9.97 Å². The molecule has 4 rings (SSSR count). The van der Waals surface area contributed by atoms with E-state index >= 15 is 0 Å². The molecule has 0 N–H and O–H groups in total. The minimum absolute atomic E-state index is 0.856. The Labute approximate surface area is 156 Å². The van der Waals surface area contributed by atoms with Crippen LogP contribution in [0.2, 0.25) is 0 Å². The quantitative estimate of drug-likeness (QED) is 0.356. The Balaban J connectivity index is 2.08. The molecule has 0 saturated carbocycles. The van der Waals surface area contributed by atoms with Gasteiger partial charge in [-0.2, -0.15) is 0 Å². The molecule has 0 amide bonds. The molecule has 3 aromatic carbocycles. The molecule has 116 valence electrons. The summed E-state index contributed by atoms with van der Waals surface area (Å²) in [5, 5.41) is 0. The number of aromatic nitrogens is 2. The lowest BCUT2D eigenvalue weighted by atomic mass is 10.0. The molecule has 0 aliphatic carbocycles. The van der Waals surface area contributed by atoms with Gasteiger partial charge in [-0.1, -0.05) is 76.6 Å². The fourth-order valence-corrected chi connectivity index (χ4v) is 3.97. The fourth-order valence-electron chi connectivity index (χ4n) is 2.68. The molecule has 4 heteroatoms. The highest BCUT2D eigenvalue weighted by Gasteiger charge is 2.14. The Kier molecular flexibility index (Phi) is 4.17. The standard InChI is InChI=1S/C20H12Br2N2/c21-15-11-16(22)20-17(12-15)23-18(13-7-3-1-4-8-13)19(24-20)14-9-5-2-6-10-14/h1-12H. The summed E-state index contributed by atoms with van der Waals surface area (Å²) < 4.78 is 1.90. The van der Waals surface area contributed by atoms with Crippen molar-refractivity contribution in [2.24, 2.45) is 0 Å². The van der Waals surface area contributed by atoms with Gasteiger partial charge in [0, 0.05) is 20.1 Å². The molecule has 0 fully saturated rings. The van der Waals surface area contributed by atoms with Crippen molar-refractivity contribution in [2.45, 2.75) is 0 Å². The van der Waals surface area contributed by atoms with E-state index in [4.69, 9.17) is 9.97 Å². The Morgan fingerprint density at radius 2 is 1.17 bits per heavy atom. The predicted octanol–water partition coefficient (Wildman–Crippen LogP) is 6.49. The largest absolute Gasteiger partial charge is 0.244 e. The van der Waals surface area contributed by atoms with Crippen LogP contribution in [0.4, 0.5) is 0 Å². The zero-order valence-electron chi connectivity index (χ0n) is 12.6. The first-order valence-electron chi connectivity index (χ1n) is 7.50. The monoisotopic (exact) mass is 438 g/mol. The molecule has 1 aromatic heterocycles. The van der Waals surface area contributed by atoms with Crippen molar-refractivity contribution >= 4 is 42.9 Å². The Hall–Kier alpha value is -2.04. The second-order valence-electron chi connectivity index (χ2n) is 5.41. The first-order chi connectivity index (χ1) is 11.7. The van der Waals surface area contributed by atoms with Gasteiger partial charge in [0.05, 0.1) is 16.9 Å². The summed E-state index contributed by atoms with van der Waals surface area (Å²) in [5.41, 5.74) is 5.60. The lowest BCUT2D eigenvalue weighted by molar-refractivity contribution is 1.28. The van der Waals surface area contributed by atoms with Crippen molar-refractivity contribution in [3.8, 4) is 22.5 Å². The maximum absolute atomic E-state index is 4.93. The number of hydrogen-bond acceptors (Lipinski definition) is 2. The molecule has 24 heavy (non-hydrogen) atoms. The normalized spacial score (nSPS) is 10.9. The molecular formula is C20H12Br2N2. The second kappa shape index (κ2) is 6.46. The van der Waals surface area contributed by atoms with Crippen LogP contribution in [0.15, 0.2) is 81.7 Å². The summed E-state index contributed by atoms with van der Waals surface area (Å²) in [5.74, 6) is 0. The summed E-state index contributed by atoms with van der Waals surface area (Å²) in [6.07, 6.45) is 0. The number of halogens is 2. The number of benzene rings is 3. The molecule has 2 nitrogen and oxygen atoms in total. The molecule has 0 unspecified atom stereocenters. The summed E-state index contributed by atoms with van der Waals surface area (Å²) in [4.78, 5) is 9.85. The van der Waals surface area contributed by atoms with Crippen LogP contribution in [0.1, 0.15) is 0 Å². The molecular weight excluding hydrogens is 428 g/mol. The van der Waals surface area contributed by atoms with Crippen LogP contribution in [0.3, 0.4) is 0 Å². The Morgan fingerprint density at radius 3 is 1.75 bits per heavy atom. The highest BCUT2D eigenvalue weighted by Crippen LogP contribution is 2.34. The van der Waals surface area contributed by atoms with Crippen molar-refractivity contribution in [1.29, 1.82) is 0 Å². The van der Waals surface area contributed by atoms with E-state index in [0.717, 1.165) is 42.5 Å². The van der Waals surface area contributed by atoms with Gasteiger partial charge in [-0.05, 0) is 28.1 Å². The number of hydrogen-bond donors (Lipinski definition) is 0. The van der Waals surface area contributed by atoms with Gasteiger partial charge in [0.15, 0.2) is 0 Å². The van der Waals surface area contributed by atoms with Crippen LogP contribution in [0.25, 0.3) is 33.5 Å². The Morgan fingerprint density at radius 1 is 0.625 bits per heavy atom. The van der Waals surface area contributed by atoms with Crippen LogP contribution in [-0.2, 0) is 0 Å². The molecule has 0 radical (unpaired) electrons. The second-order valence-corrected chi connectivity index (χ2v) is 7.18. The lowest BCUT2D eigenvalue weighted by Crippen LogP contribution is -1.96. The topological polar surface area (TPSA) is 25.8 Å². The highest BCUT2D eigenvalue weighted by molar-refractivity contribution is 9.11. The van der Waals surface area contributed by atoms with Gasteiger partial charge in [0.2, 0.25) is 0 Å². The minimum Gasteiger partial charge on any atom is -0.244 e. The molecule has 0 saturated heterocycles. The third kappa shape index (κ3) is 2.87. The molecule has 1 heterocycles. The zero-order chi connectivity index (χ0) is 16.5. The van der Waals surface area contributed by atoms with Crippen LogP contribution >= 0.6 is 31.9 Å². The van der Waals surface area contributed by atoms with Gasteiger partial charge < -0.3 is 0 Å². The van der Waals surface area contributed by atoms with E-state index in [1.54, 1.807) is 0 Å². The van der Waals surface area contributed by atoms with E-state index in [1.807, 2.05) is 48.5 Å². The van der Waals surface area contributed by atoms with Crippen LogP contribution in [0, 0.1) is 0 Å². The smallest absolute Gasteiger partial charge is 0.104 e. The van der Waals surface area contributed by atoms with Gasteiger partial charge >= 0.3 is 0 Å². The van der Waals surface area contributed by atoms with E-state index in [-0.39, 0.29) is 0 Å².